The molecule has 1 aliphatic heterocycles. The van der Waals surface area contributed by atoms with Gasteiger partial charge in [0.1, 0.15) is 0 Å². The van der Waals surface area contributed by atoms with Gasteiger partial charge in [-0.1, -0.05) is 12.1 Å². The van der Waals surface area contributed by atoms with Crippen molar-refractivity contribution in [1.29, 1.82) is 0 Å². The molecule has 0 bridgehead atoms. The molecule has 0 radical (unpaired) electrons. The molecule has 0 unspecified atom stereocenters. The number of para-hydroxylation sites is 2. The second-order valence-electron chi connectivity index (χ2n) is 5.79. The Morgan fingerprint density at radius 1 is 1.19 bits per heavy atom. The van der Waals surface area contributed by atoms with E-state index in [1.807, 2.05) is 18.2 Å². The van der Waals surface area contributed by atoms with Crippen LogP contribution in [0.2, 0.25) is 0 Å². The third kappa shape index (κ3) is 4.68. The Kier molecular flexibility index (Phi) is 6.34. The van der Waals surface area contributed by atoms with Crippen molar-refractivity contribution >= 4 is 23.1 Å². The lowest BCUT2D eigenvalue weighted by Crippen LogP contribution is -2.36. The van der Waals surface area contributed by atoms with E-state index in [0.29, 0.717) is 19.0 Å². The predicted molar refractivity (Wildman–Crippen MR) is 99.0 cm³/mol. The van der Waals surface area contributed by atoms with E-state index < -0.39 is 0 Å². The SMILES string of the molecule is COCCNC(=O)c1ccc(Nc2ccccc2N2CCOCC2)nn1. The number of carbonyl (C=O) groups is 1. The smallest absolute Gasteiger partial charge is 0.271 e. The number of nitrogens with one attached hydrogen (secondary N) is 2. The van der Waals surface area contributed by atoms with Crippen LogP contribution in [0.25, 0.3) is 0 Å². The van der Waals surface area contributed by atoms with Gasteiger partial charge in [0, 0.05) is 26.7 Å². The van der Waals surface area contributed by atoms with Crippen LogP contribution in [-0.2, 0) is 9.47 Å². The second kappa shape index (κ2) is 9.12. The summed E-state index contributed by atoms with van der Waals surface area (Å²) in [4.78, 5) is 14.2. The molecule has 1 aliphatic rings. The van der Waals surface area contributed by atoms with Gasteiger partial charge >= 0.3 is 0 Å². The number of carbonyl (C=O) groups excluding carboxylic acids is 1. The van der Waals surface area contributed by atoms with Crippen LogP contribution >= 0.6 is 0 Å². The third-order valence-corrected chi connectivity index (χ3v) is 4.01. The second-order valence-corrected chi connectivity index (χ2v) is 5.79. The van der Waals surface area contributed by atoms with Gasteiger partial charge in [-0.05, 0) is 24.3 Å². The Morgan fingerprint density at radius 2 is 2.00 bits per heavy atom. The van der Waals surface area contributed by atoms with Crippen LogP contribution in [0.5, 0.6) is 0 Å². The van der Waals surface area contributed by atoms with E-state index in [1.54, 1.807) is 19.2 Å². The van der Waals surface area contributed by atoms with Crippen molar-refractivity contribution < 1.29 is 14.3 Å². The highest BCUT2D eigenvalue weighted by molar-refractivity contribution is 5.92. The average molecular weight is 357 g/mol. The molecule has 0 aliphatic carbocycles. The minimum atomic E-state index is -0.269. The highest BCUT2D eigenvalue weighted by Gasteiger charge is 2.15. The quantitative estimate of drug-likeness (QED) is 0.725. The number of amides is 1. The lowest BCUT2D eigenvalue weighted by atomic mass is 10.2. The topological polar surface area (TPSA) is 88.6 Å². The van der Waals surface area contributed by atoms with Gasteiger partial charge in [-0.25, -0.2) is 0 Å². The zero-order valence-electron chi connectivity index (χ0n) is 14.8. The first-order valence-electron chi connectivity index (χ1n) is 8.57. The minimum Gasteiger partial charge on any atom is -0.383 e. The molecule has 3 rings (SSSR count). The van der Waals surface area contributed by atoms with Crippen molar-refractivity contribution in [3.63, 3.8) is 0 Å². The molecule has 1 saturated heterocycles. The van der Waals surface area contributed by atoms with E-state index in [-0.39, 0.29) is 11.6 Å². The number of hydrogen-bond donors (Lipinski definition) is 2. The minimum absolute atomic E-state index is 0.269. The molecule has 8 nitrogen and oxygen atoms in total. The van der Waals surface area contributed by atoms with Crippen LogP contribution in [0.1, 0.15) is 10.5 Å². The number of benzene rings is 1. The molecule has 26 heavy (non-hydrogen) atoms. The van der Waals surface area contributed by atoms with Crippen molar-refractivity contribution in [1.82, 2.24) is 15.5 Å². The number of methoxy groups -OCH3 is 1. The maximum absolute atomic E-state index is 11.9. The van der Waals surface area contributed by atoms with Crippen LogP contribution in [-0.4, -0.2) is 62.7 Å². The monoisotopic (exact) mass is 357 g/mol. The summed E-state index contributed by atoms with van der Waals surface area (Å²) in [6.07, 6.45) is 0. The molecule has 138 valence electrons. The van der Waals surface area contributed by atoms with Gasteiger partial charge in [-0.15, -0.1) is 10.2 Å². The first kappa shape index (κ1) is 18.1. The summed E-state index contributed by atoms with van der Waals surface area (Å²) < 4.78 is 10.3. The van der Waals surface area contributed by atoms with Crippen molar-refractivity contribution in [2.24, 2.45) is 0 Å². The van der Waals surface area contributed by atoms with E-state index in [2.05, 4.69) is 31.8 Å². The first-order valence-corrected chi connectivity index (χ1v) is 8.57. The van der Waals surface area contributed by atoms with Gasteiger partial charge in [-0.2, -0.15) is 0 Å². The number of morpholine rings is 1. The molecule has 2 heterocycles. The number of rotatable bonds is 7. The summed E-state index contributed by atoms with van der Waals surface area (Å²) in [7, 11) is 1.58. The van der Waals surface area contributed by atoms with E-state index in [4.69, 9.17) is 9.47 Å². The van der Waals surface area contributed by atoms with Gasteiger partial charge in [0.2, 0.25) is 0 Å². The number of hydrogen-bond acceptors (Lipinski definition) is 7. The predicted octanol–water partition coefficient (Wildman–Crippen LogP) is 1.43. The van der Waals surface area contributed by atoms with Gasteiger partial charge in [-0.3, -0.25) is 4.79 Å². The molecule has 0 atom stereocenters. The van der Waals surface area contributed by atoms with Gasteiger partial charge in [0.25, 0.3) is 5.91 Å². The lowest BCUT2D eigenvalue weighted by Gasteiger charge is -2.30. The van der Waals surface area contributed by atoms with Crippen LogP contribution in [0.4, 0.5) is 17.2 Å². The van der Waals surface area contributed by atoms with Crippen LogP contribution in [0.15, 0.2) is 36.4 Å². The third-order valence-electron chi connectivity index (χ3n) is 4.01. The zero-order chi connectivity index (χ0) is 18.2. The van der Waals surface area contributed by atoms with E-state index in [1.165, 1.54) is 0 Å². The molecule has 1 aromatic carbocycles. The zero-order valence-corrected chi connectivity index (χ0v) is 14.8. The van der Waals surface area contributed by atoms with E-state index in [0.717, 1.165) is 37.7 Å². The summed E-state index contributed by atoms with van der Waals surface area (Å²) in [5.41, 5.74) is 2.31. The Balaban J connectivity index is 1.67. The summed E-state index contributed by atoms with van der Waals surface area (Å²) in [5, 5.41) is 14.1. The van der Waals surface area contributed by atoms with E-state index in [9.17, 15) is 4.79 Å². The van der Waals surface area contributed by atoms with Crippen molar-refractivity contribution in [3.8, 4) is 0 Å². The Hall–Kier alpha value is -2.71. The fourth-order valence-electron chi connectivity index (χ4n) is 2.67. The highest BCUT2D eigenvalue weighted by atomic mass is 16.5. The lowest BCUT2D eigenvalue weighted by molar-refractivity contribution is 0.0931. The summed E-state index contributed by atoms with van der Waals surface area (Å²) in [6.45, 7) is 4.04. The first-order chi connectivity index (χ1) is 12.8. The van der Waals surface area contributed by atoms with Crippen molar-refractivity contribution in [2.75, 3.05) is 56.8 Å². The maximum atomic E-state index is 11.9. The van der Waals surface area contributed by atoms with Crippen LogP contribution in [0.3, 0.4) is 0 Å². The summed E-state index contributed by atoms with van der Waals surface area (Å²) in [5.74, 6) is 0.314. The summed E-state index contributed by atoms with van der Waals surface area (Å²) >= 11 is 0. The van der Waals surface area contributed by atoms with Gasteiger partial charge in [0.05, 0.1) is 31.2 Å². The molecular weight excluding hydrogens is 334 g/mol. The Morgan fingerprint density at radius 3 is 2.73 bits per heavy atom. The van der Waals surface area contributed by atoms with E-state index >= 15 is 0 Å². The normalized spacial score (nSPS) is 14.1. The molecule has 1 amide bonds. The molecule has 0 saturated carbocycles. The standard InChI is InChI=1S/C18H23N5O3/c1-25-11-8-19-18(24)15-6-7-17(22-21-15)20-14-4-2-3-5-16(14)23-9-12-26-13-10-23/h2-7H,8-13H2,1H3,(H,19,24)(H,20,22). The molecular formula is C18H23N5O3. The fraction of sp³-hybridized carbons (Fsp3) is 0.389. The number of nitrogens with zero attached hydrogens (tertiary/aromatic N) is 3. The van der Waals surface area contributed by atoms with Crippen LogP contribution < -0.4 is 15.5 Å². The average Bonchev–Trinajstić information content (AvgIpc) is 2.70. The van der Waals surface area contributed by atoms with Gasteiger partial charge in [0.15, 0.2) is 11.5 Å². The molecule has 2 N–H and O–H groups in total. The fourth-order valence-corrected chi connectivity index (χ4v) is 2.67. The number of anilines is 3. The Bertz CT molecular complexity index is 717. The highest BCUT2D eigenvalue weighted by Crippen LogP contribution is 2.28. The molecule has 1 aromatic heterocycles. The molecule has 1 fully saturated rings. The van der Waals surface area contributed by atoms with Gasteiger partial charge < -0.3 is 25.0 Å². The van der Waals surface area contributed by atoms with Crippen LogP contribution in [0, 0.1) is 0 Å². The molecule has 8 heteroatoms. The summed E-state index contributed by atoms with van der Waals surface area (Å²) in [6, 6.07) is 11.4. The van der Waals surface area contributed by atoms with Crippen molar-refractivity contribution in [2.45, 2.75) is 0 Å². The van der Waals surface area contributed by atoms with Crippen molar-refractivity contribution in [3.05, 3.63) is 42.1 Å². The molecule has 2 aromatic rings. The number of ether oxygens (including phenoxy) is 2. The Labute approximate surface area is 152 Å². The largest absolute Gasteiger partial charge is 0.383 e. The number of aromatic nitrogens is 2. The molecule has 0 spiro atoms. The maximum Gasteiger partial charge on any atom is 0.271 e.